The van der Waals surface area contributed by atoms with E-state index in [4.69, 9.17) is 0 Å². The van der Waals surface area contributed by atoms with E-state index in [1.54, 1.807) is 4.90 Å². The van der Waals surface area contributed by atoms with Crippen molar-refractivity contribution in [1.82, 2.24) is 24.5 Å². The van der Waals surface area contributed by atoms with Gasteiger partial charge in [0.25, 0.3) is 0 Å². The largest absolute Gasteiger partial charge is 0.341 e. The highest BCUT2D eigenvalue weighted by Crippen LogP contribution is 2.20. The van der Waals surface area contributed by atoms with E-state index in [0.717, 1.165) is 33.9 Å². The number of nitrogens with zero attached hydrogens (tertiary/aromatic N) is 5. The van der Waals surface area contributed by atoms with E-state index in [2.05, 4.69) is 17.1 Å². The average Bonchev–Trinajstić information content (AvgIpc) is 3.37. The summed E-state index contributed by atoms with van der Waals surface area (Å²) in [6.45, 7) is 4.61. The molecule has 0 N–H and O–H groups in total. The fraction of sp³-hybridized carbons (Fsp3) is 0.240. The highest BCUT2D eigenvalue weighted by atomic mass is 16.2. The van der Waals surface area contributed by atoms with Crippen LogP contribution < -0.4 is 0 Å². The lowest BCUT2D eigenvalue weighted by Gasteiger charge is -2.16. The van der Waals surface area contributed by atoms with Gasteiger partial charge in [0, 0.05) is 37.5 Å². The number of hydrogen-bond donors (Lipinski definition) is 0. The molecule has 0 unspecified atom stereocenters. The van der Waals surface area contributed by atoms with E-state index >= 15 is 0 Å². The van der Waals surface area contributed by atoms with Gasteiger partial charge >= 0.3 is 0 Å². The third-order valence-corrected chi connectivity index (χ3v) is 5.53. The minimum Gasteiger partial charge on any atom is -0.341 e. The molecule has 158 valence electrons. The van der Waals surface area contributed by atoms with Gasteiger partial charge in [-0.2, -0.15) is 10.2 Å². The fourth-order valence-electron chi connectivity index (χ4n) is 3.81. The molecule has 6 nitrogen and oxygen atoms in total. The summed E-state index contributed by atoms with van der Waals surface area (Å²) in [5.74, 6) is 0.110. The summed E-state index contributed by atoms with van der Waals surface area (Å²) in [5.41, 5.74) is 6.24. The van der Waals surface area contributed by atoms with Gasteiger partial charge in [-0.25, -0.2) is 9.36 Å². The van der Waals surface area contributed by atoms with Crippen LogP contribution in [0.4, 0.5) is 0 Å². The molecule has 0 saturated heterocycles. The lowest BCUT2D eigenvalue weighted by Crippen LogP contribution is -2.26. The van der Waals surface area contributed by atoms with E-state index in [9.17, 15) is 4.79 Å². The quantitative estimate of drug-likeness (QED) is 0.455. The molecule has 0 fully saturated rings. The molecule has 0 radical (unpaired) electrons. The maximum Gasteiger partial charge on any atom is 0.222 e. The molecular weight excluding hydrogens is 386 g/mol. The molecule has 2 aromatic carbocycles. The Hall–Kier alpha value is -3.67. The second-order valence-corrected chi connectivity index (χ2v) is 7.78. The molecule has 4 rings (SSSR count). The number of benzene rings is 2. The molecule has 0 saturated carbocycles. The summed E-state index contributed by atoms with van der Waals surface area (Å²) in [6.07, 6.45) is 4.91. The Morgan fingerprint density at radius 3 is 2.29 bits per heavy atom. The van der Waals surface area contributed by atoms with E-state index in [0.29, 0.717) is 19.4 Å². The molecular formula is C25H27N5O. The van der Waals surface area contributed by atoms with Crippen molar-refractivity contribution >= 4 is 5.91 Å². The molecule has 0 spiro atoms. The van der Waals surface area contributed by atoms with Gasteiger partial charge < -0.3 is 4.90 Å². The summed E-state index contributed by atoms with van der Waals surface area (Å²) in [7, 11) is 1.84. The lowest BCUT2D eigenvalue weighted by molar-refractivity contribution is -0.130. The summed E-state index contributed by atoms with van der Waals surface area (Å²) in [6, 6.07) is 20.0. The van der Waals surface area contributed by atoms with Crippen molar-refractivity contribution in [2.75, 3.05) is 7.05 Å². The van der Waals surface area contributed by atoms with Crippen molar-refractivity contribution in [1.29, 1.82) is 0 Å². The first-order valence-electron chi connectivity index (χ1n) is 10.5. The Morgan fingerprint density at radius 1 is 0.968 bits per heavy atom. The first-order chi connectivity index (χ1) is 15.0. The van der Waals surface area contributed by atoms with Crippen LogP contribution in [-0.2, 0) is 17.8 Å². The van der Waals surface area contributed by atoms with Gasteiger partial charge in [0.2, 0.25) is 5.91 Å². The van der Waals surface area contributed by atoms with E-state index in [1.165, 1.54) is 0 Å². The summed E-state index contributed by atoms with van der Waals surface area (Å²) in [4.78, 5) is 14.5. The van der Waals surface area contributed by atoms with Crippen LogP contribution in [0.3, 0.4) is 0 Å². The molecule has 31 heavy (non-hydrogen) atoms. The van der Waals surface area contributed by atoms with Crippen molar-refractivity contribution < 1.29 is 4.79 Å². The SMILES string of the molecule is Cc1nn(-c2ccccc2)c(C)c1CCC(=O)N(C)Cc1cnn(-c2ccccc2)c1. The zero-order valence-electron chi connectivity index (χ0n) is 18.2. The number of carbonyl (C=O) groups is 1. The zero-order chi connectivity index (χ0) is 21.8. The first kappa shape index (κ1) is 20.6. The van der Waals surface area contributed by atoms with Crippen LogP contribution in [0.25, 0.3) is 11.4 Å². The minimum absolute atomic E-state index is 0.110. The van der Waals surface area contributed by atoms with Gasteiger partial charge in [-0.3, -0.25) is 4.79 Å². The number of carbonyl (C=O) groups excluding carboxylic acids is 1. The molecule has 6 heteroatoms. The van der Waals surface area contributed by atoms with Gasteiger partial charge in [-0.1, -0.05) is 36.4 Å². The van der Waals surface area contributed by atoms with Crippen LogP contribution in [0.5, 0.6) is 0 Å². The predicted molar refractivity (Wildman–Crippen MR) is 121 cm³/mol. The monoisotopic (exact) mass is 413 g/mol. The number of aromatic nitrogens is 4. The predicted octanol–water partition coefficient (Wildman–Crippen LogP) is 4.27. The Balaban J connectivity index is 1.38. The molecule has 0 atom stereocenters. The van der Waals surface area contributed by atoms with Crippen LogP contribution in [0, 0.1) is 13.8 Å². The standard InChI is InChI=1S/C25H27N5O/c1-19-24(20(2)30(27-19)23-12-8-5-9-13-23)14-15-25(31)28(3)17-21-16-26-29(18-21)22-10-6-4-7-11-22/h4-13,16,18H,14-15,17H2,1-3H3. The summed E-state index contributed by atoms with van der Waals surface area (Å²) >= 11 is 0. The minimum atomic E-state index is 0.110. The third kappa shape index (κ3) is 4.58. The molecule has 0 aliphatic rings. The van der Waals surface area contributed by atoms with Gasteiger partial charge in [-0.05, 0) is 50.1 Å². The number of para-hydroxylation sites is 2. The van der Waals surface area contributed by atoms with E-state index in [-0.39, 0.29) is 5.91 Å². The van der Waals surface area contributed by atoms with Crippen molar-refractivity contribution in [3.05, 3.63) is 95.6 Å². The normalized spacial score (nSPS) is 10.9. The lowest BCUT2D eigenvalue weighted by atomic mass is 10.1. The van der Waals surface area contributed by atoms with Crippen molar-refractivity contribution in [3.63, 3.8) is 0 Å². The second-order valence-electron chi connectivity index (χ2n) is 7.78. The highest BCUT2D eigenvalue weighted by Gasteiger charge is 2.16. The topological polar surface area (TPSA) is 56.0 Å². The Labute approximate surface area is 182 Å². The maximum absolute atomic E-state index is 12.8. The zero-order valence-corrected chi connectivity index (χ0v) is 18.2. The van der Waals surface area contributed by atoms with Gasteiger partial charge in [0.1, 0.15) is 0 Å². The number of aryl methyl sites for hydroxylation is 1. The fourth-order valence-corrected chi connectivity index (χ4v) is 3.81. The summed E-state index contributed by atoms with van der Waals surface area (Å²) < 4.78 is 3.79. The summed E-state index contributed by atoms with van der Waals surface area (Å²) in [5, 5.41) is 9.10. The Bertz CT molecular complexity index is 1160. The number of amides is 1. The van der Waals surface area contributed by atoms with Crippen LogP contribution in [0.15, 0.2) is 73.1 Å². The van der Waals surface area contributed by atoms with E-state index < -0.39 is 0 Å². The van der Waals surface area contributed by atoms with Crippen LogP contribution in [0.2, 0.25) is 0 Å². The van der Waals surface area contributed by atoms with Crippen LogP contribution in [0.1, 0.15) is 28.9 Å². The molecule has 1 amide bonds. The second kappa shape index (κ2) is 9.00. The maximum atomic E-state index is 12.8. The third-order valence-electron chi connectivity index (χ3n) is 5.53. The molecule has 4 aromatic rings. The van der Waals surface area contributed by atoms with Gasteiger partial charge in [0.05, 0.1) is 23.3 Å². The van der Waals surface area contributed by atoms with Gasteiger partial charge in [-0.15, -0.1) is 0 Å². The van der Waals surface area contributed by atoms with Gasteiger partial charge in [0.15, 0.2) is 0 Å². The number of rotatable bonds is 7. The smallest absolute Gasteiger partial charge is 0.222 e. The Kier molecular flexibility index (Phi) is 5.98. The van der Waals surface area contributed by atoms with E-state index in [1.807, 2.05) is 96.4 Å². The Morgan fingerprint density at radius 2 is 1.61 bits per heavy atom. The molecule has 2 aromatic heterocycles. The first-order valence-corrected chi connectivity index (χ1v) is 10.5. The molecule has 0 aliphatic carbocycles. The molecule has 2 heterocycles. The van der Waals surface area contributed by atoms with Crippen molar-refractivity contribution in [2.45, 2.75) is 33.2 Å². The van der Waals surface area contributed by atoms with Crippen LogP contribution in [-0.4, -0.2) is 37.4 Å². The average molecular weight is 414 g/mol. The molecule has 0 bridgehead atoms. The highest BCUT2D eigenvalue weighted by molar-refractivity contribution is 5.76. The van der Waals surface area contributed by atoms with Crippen molar-refractivity contribution in [3.8, 4) is 11.4 Å². The van der Waals surface area contributed by atoms with Crippen molar-refractivity contribution in [2.24, 2.45) is 0 Å². The number of hydrogen-bond acceptors (Lipinski definition) is 3. The van der Waals surface area contributed by atoms with Crippen LogP contribution >= 0.6 is 0 Å². The molecule has 0 aliphatic heterocycles.